The average Bonchev–Trinajstić information content (AvgIpc) is 3.30. The summed E-state index contributed by atoms with van der Waals surface area (Å²) < 4.78 is 5.92. The van der Waals surface area contributed by atoms with Crippen LogP contribution in [0, 0.1) is 0 Å². The first-order chi connectivity index (χ1) is 32.0. The van der Waals surface area contributed by atoms with Crippen molar-refractivity contribution in [3.8, 4) is 0 Å². The highest BCUT2D eigenvalue weighted by molar-refractivity contribution is 5.77. The molecule has 0 radical (unpaired) electrons. The lowest BCUT2D eigenvalue weighted by molar-refractivity contribution is -0.151. The SMILES string of the molecule is CC/C=C/C=C/C=C/CCCCCCCCCC(=O)OC(CCC/C=C\C/C=C\C/C=C\C/C=C\CCCCC)CC(=O)NC(CO)C(O)CCCCCCCCCCCCCCCC. The van der Waals surface area contributed by atoms with Gasteiger partial charge in [0.15, 0.2) is 0 Å². The highest BCUT2D eigenvalue weighted by Gasteiger charge is 2.24. The Morgan fingerprint density at radius 1 is 0.477 bits per heavy atom. The third-order valence-corrected chi connectivity index (χ3v) is 12.0. The van der Waals surface area contributed by atoms with Crippen molar-refractivity contribution in [3.05, 3.63) is 85.1 Å². The van der Waals surface area contributed by atoms with Crippen molar-refractivity contribution in [3.63, 3.8) is 0 Å². The molecule has 0 spiro atoms. The van der Waals surface area contributed by atoms with Crippen LogP contribution in [0.25, 0.3) is 0 Å². The van der Waals surface area contributed by atoms with Crippen molar-refractivity contribution in [2.75, 3.05) is 6.61 Å². The van der Waals surface area contributed by atoms with Gasteiger partial charge < -0.3 is 20.3 Å². The second-order valence-corrected chi connectivity index (χ2v) is 18.3. The number of nitrogens with one attached hydrogen (secondary N) is 1. The first-order valence-corrected chi connectivity index (χ1v) is 27.3. The summed E-state index contributed by atoms with van der Waals surface area (Å²) in [4.78, 5) is 26.2. The van der Waals surface area contributed by atoms with E-state index in [9.17, 15) is 19.8 Å². The van der Waals surface area contributed by atoms with E-state index >= 15 is 0 Å². The molecule has 0 saturated heterocycles. The molecule has 1 amide bonds. The summed E-state index contributed by atoms with van der Waals surface area (Å²) in [7, 11) is 0. The van der Waals surface area contributed by atoms with Crippen LogP contribution >= 0.6 is 0 Å². The number of carbonyl (C=O) groups is 2. The van der Waals surface area contributed by atoms with E-state index in [1.54, 1.807) is 0 Å². The topological polar surface area (TPSA) is 95.9 Å². The third kappa shape index (κ3) is 47.3. The molecule has 3 N–H and O–H groups in total. The number of aliphatic hydroxyl groups is 2. The van der Waals surface area contributed by atoms with Gasteiger partial charge >= 0.3 is 5.97 Å². The maximum absolute atomic E-state index is 13.2. The van der Waals surface area contributed by atoms with Crippen LogP contribution in [-0.4, -0.2) is 46.9 Å². The van der Waals surface area contributed by atoms with Crippen molar-refractivity contribution in [1.82, 2.24) is 5.32 Å². The normalized spacial score (nSPS) is 13.9. The molecule has 0 fully saturated rings. The molecular formula is C59H103NO5. The Morgan fingerprint density at radius 3 is 1.45 bits per heavy atom. The lowest BCUT2D eigenvalue weighted by Crippen LogP contribution is -2.46. The van der Waals surface area contributed by atoms with Crippen molar-refractivity contribution >= 4 is 11.9 Å². The van der Waals surface area contributed by atoms with Crippen LogP contribution in [0.2, 0.25) is 0 Å². The Labute approximate surface area is 402 Å². The van der Waals surface area contributed by atoms with E-state index < -0.39 is 18.2 Å². The van der Waals surface area contributed by atoms with Crippen LogP contribution in [0.4, 0.5) is 0 Å². The third-order valence-electron chi connectivity index (χ3n) is 12.0. The Bertz CT molecular complexity index is 1250. The standard InChI is InChI=1S/C59H103NO5/c1-4-7-10-13-16-19-22-25-28-29-31-32-35-38-41-44-47-50-55(65-59(64)52-49-46-43-40-37-34-30-26-23-20-17-14-11-8-5-2)53-58(63)60-56(54-61)57(62)51-48-45-42-39-36-33-27-24-21-18-15-12-9-6-3/h8,11,14,16-17,19-20,23,25,28,31-32,38,41,55-57,61-62H,4-7,9-10,12-13,15,18,21-22,24,26-27,29-30,33-37,39-40,42-54H2,1-3H3,(H,60,63)/b11-8+,17-14+,19-16-,23-20+,28-25-,32-31-,41-38-. The molecule has 0 heterocycles. The number of carbonyl (C=O) groups excluding carboxylic acids is 2. The summed E-state index contributed by atoms with van der Waals surface area (Å²) in [6, 6.07) is -0.726. The molecule has 6 nitrogen and oxygen atoms in total. The average molecular weight is 906 g/mol. The van der Waals surface area contributed by atoms with Gasteiger partial charge in [-0.3, -0.25) is 9.59 Å². The first kappa shape index (κ1) is 62.0. The van der Waals surface area contributed by atoms with Crippen LogP contribution < -0.4 is 5.32 Å². The highest BCUT2D eigenvalue weighted by atomic mass is 16.5. The van der Waals surface area contributed by atoms with Crippen LogP contribution in [0.3, 0.4) is 0 Å². The fourth-order valence-corrected chi connectivity index (χ4v) is 7.89. The summed E-state index contributed by atoms with van der Waals surface area (Å²) in [5, 5.41) is 23.8. The van der Waals surface area contributed by atoms with Crippen LogP contribution in [0.1, 0.15) is 252 Å². The minimum atomic E-state index is -0.808. The second-order valence-electron chi connectivity index (χ2n) is 18.3. The minimum absolute atomic E-state index is 0.0316. The summed E-state index contributed by atoms with van der Waals surface area (Å²) in [6.45, 7) is 6.32. The van der Waals surface area contributed by atoms with Crippen molar-refractivity contribution in [2.24, 2.45) is 0 Å². The number of amides is 1. The minimum Gasteiger partial charge on any atom is -0.462 e. The Kier molecular flexibility index (Phi) is 49.6. The highest BCUT2D eigenvalue weighted by Crippen LogP contribution is 2.17. The number of hydrogen-bond acceptors (Lipinski definition) is 5. The molecule has 0 saturated carbocycles. The van der Waals surface area contributed by atoms with Gasteiger partial charge in [0.1, 0.15) is 6.10 Å². The molecule has 0 bridgehead atoms. The maximum Gasteiger partial charge on any atom is 0.306 e. The Hall–Kier alpha value is -2.96. The van der Waals surface area contributed by atoms with Crippen molar-refractivity contribution in [1.29, 1.82) is 0 Å². The maximum atomic E-state index is 13.2. The summed E-state index contributed by atoms with van der Waals surface area (Å²) >= 11 is 0. The largest absolute Gasteiger partial charge is 0.462 e. The fourth-order valence-electron chi connectivity index (χ4n) is 7.89. The number of unbranched alkanes of at least 4 members (excludes halogenated alkanes) is 24. The molecule has 3 unspecified atom stereocenters. The van der Waals surface area contributed by atoms with Gasteiger partial charge in [-0.15, -0.1) is 0 Å². The van der Waals surface area contributed by atoms with Crippen molar-refractivity contribution < 1.29 is 24.5 Å². The van der Waals surface area contributed by atoms with E-state index in [4.69, 9.17) is 4.74 Å². The molecular weight excluding hydrogens is 803 g/mol. The lowest BCUT2D eigenvalue weighted by Gasteiger charge is -2.24. The number of ether oxygens (including phenoxy) is 1. The molecule has 0 aliphatic carbocycles. The predicted octanol–water partition coefficient (Wildman–Crippen LogP) is 16.7. The number of allylic oxidation sites excluding steroid dienone is 14. The van der Waals surface area contributed by atoms with Gasteiger partial charge in [0.2, 0.25) is 5.91 Å². The van der Waals surface area contributed by atoms with E-state index in [0.717, 1.165) is 83.5 Å². The second kappa shape index (κ2) is 52.0. The summed E-state index contributed by atoms with van der Waals surface area (Å²) in [5.74, 6) is -0.543. The van der Waals surface area contributed by atoms with Gasteiger partial charge in [0.25, 0.3) is 0 Å². The molecule has 0 rings (SSSR count). The Morgan fingerprint density at radius 2 is 0.908 bits per heavy atom. The molecule has 0 aromatic rings. The summed E-state index contributed by atoms with van der Waals surface area (Å²) in [5.41, 5.74) is 0. The number of rotatable bonds is 48. The van der Waals surface area contributed by atoms with E-state index in [1.165, 1.54) is 122 Å². The van der Waals surface area contributed by atoms with Gasteiger partial charge in [-0.1, -0.05) is 241 Å². The first-order valence-electron chi connectivity index (χ1n) is 27.3. The fraction of sp³-hybridized carbons (Fsp3) is 0.729. The smallest absolute Gasteiger partial charge is 0.306 e. The zero-order valence-corrected chi connectivity index (χ0v) is 42.6. The van der Waals surface area contributed by atoms with Gasteiger partial charge in [-0.2, -0.15) is 0 Å². The van der Waals surface area contributed by atoms with Gasteiger partial charge in [-0.05, 0) is 83.5 Å². The molecule has 0 aliphatic heterocycles. The zero-order valence-electron chi connectivity index (χ0n) is 42.6. The quantitative estimate of drug-likeness (QED) is 0.0245. The summed E-state index contributed by atoms with van der Waals surface area (Å²) in [6.07, 6.45) is 67.8. The van der Waals surface area contributed by atoms with Crippen LogP contribution in [0.5, 0.6) is 0 Å². The predicted molar refractivity (Wildman–Crippen MR) is 282 cm³/mol. The van der Waals surface area contributed by atoms with Crippen LogP contribution in [0.15, 0.2) is 85.1 Å². The molecule has 65 heavy (non-hydrogen) atoms. The number of esters is 1. The van der Waals surface area contributed by atoms with Gasteiger partial charge in [0, 0.05) is 6.42 Å². The molecule has 3 atom stereocenters. The van der Waals surface area contributed by atoms with E-state index in [0.29, 0.717) is 19.3 Å². The molecule has 374 valence electrons. The van der Waals surface area contributed by atoms with E-state index in [-0.39, 0.29) is 24.9 Å². The Balaban J connectivity index is 4.70. The molecule has 6 heteroatoms. The monoisotopic (exact) mass is 906 g/mol. The molecule has 0 aromatic carbocycles. The molecule has 0 aliphatic rings. The van der Waals surface area contributed by atoms with E-state index in [2.05, 4.69) is 111 Å². The van der Waals surface area contributed by atoms with Crippen molar-refractivity contribution in [2.45, 2.75) is 270 Å². The molecule has 0 aromatic heterocycles. The van der Waals surface area contributed by atoms with E-state index in [1.807, 2.05) is 0 Å². The van der Waals surface area contributed by atoms with Crippen LogP contribution in [-0.2, 0) is 14.3 Å². The number of aliphatic hydroxyl groups excluding tert-OH is 2. The van der Waals surface area contributed by atoms with Gasteiger partial charge in [-0.25, -0.2) is 0 Å². The van der Waals surface area contributed by atoms with Gasteiger partial charge in [0.05, 0.1) is 25.2 Å². The number of hydrogen-bond donors (Lipinski definition) is 3. The lowest BCUT2D eigenvalue weighted by atomic mass is 10.0. The zero-order chi connectivity index (χ0) is 47.4.